The maximum absolute atomic E-state index is 12.6. The second-order valence-electron chi connectivity index (χ2n) is 6.18. The van der Waals surface area contributed by atoms with Crippen LogP contribution in [0.2, 0.25) is 0 Å². The second kappa shape index (κ2) is 6.43. The fourth-order valence-electron chi connectivity index (χ4n) is 2.99. The molecular formula is C16H21N3O4S. The largest absolute Gasteiger partial charge is 0.466 e. The normalized spacial score (nSPS) is 20.2. The summed E-state index contributed by atoms with van der Waals surface area (Å²) in [5, 5.41) is 4.10. The third-order valence-corrected chi connectivity index (χ3v) is 5.87. The van der Waals surface area contributed by atoms with Crippen molar-refractivity contribution in [3.05, 3.63) is 41.6 Å². The van der Waals surface area contributed by atoms with Crippen molar-refractivity contribution in [3.63, 3.8) is 0 Å². The van der Waals surface area contributed by atoms with Gasteiger partial charge in [0, 0.05) is 38.2 Å². The standard InChI is InChI=1S/C16H21N3O4S/c1-12-3-4-14(23-12)5-6-16(20)19-7-8-24(21,22)11-15(19)13-9-17-18(2)10-13/h3-4,9-10,15H,5-8,11H2,1-2H3/t15-/m0/s1. The molecule has 2 aromatic heterocycles. The van der Waals surface area contributed by atoms with Crippen LogP contribution in [0.1, 0.15) is 29.5 Å². The van der Waals surface area contributed by atoms with E-state index in [9.17, 15) is 13.2 Å². The van der Waals surface area contributed by atoms with Crippen molar-refractivity contribution in [1.82, 2.24) is 14.7 Å². The lowest BCUT2D eigenvalue weighted by Gasteiger charge is -2.35. The van der Waals surface area contributed by atoms with Gasteiger partial charge in [-0.25, -0.2) is 8.42 Å². The number of aromatic nitrogens is 2. The zero-order valence-corrected chi connectivity index (χ0v) is 14.6. The lowest BCUT2D eigenvalue weighted by atomic mass is 10.1. The maximum Gasteiger partial charge on any atom is 0.223 e. The molecule has 2 aromatic rings. The number of rotatable bonds is 4. The molecular weight excluding hydrogens is 330 g/mol. The van der Waals surface area contributed by atoms with Crippen LogP contribution < -0.4 is 0 Å². The quantitative estimate of drug-likeness (QED) is 0.828. The number of aryl methyl sites for hydroxylation is 3. The molecule has 0 bridgehead atoms. The molecule has 0 spiro atoms. The van der Waals surface area contributed by atoms with E-state index in [1.807, 2.05) is 19.1 Å². The van der Waals surface area contributed by atoms with Crippen LogP contribution in [0.4, 0.5) is 0 Å². The Labute approximate surface area is 141 Å². The topological polar surface area (TPSA) is 85.4 Å². The van der Waals surface area contributed by atoms with Gasteiger partial charge in [-0.1, -0.05) is 0 Å². The Morgan fingerprint density at radius 2 is 2.21 bits per heavy atom. The molecule has 0 unspecified atom stereocenters. The molecule has 3 heterocycles. The summed E-state index contributed by atoms with van der Waals surface area (Å²) in [6.07, 6.45) is 4.20. The Bertz CT molecular complexity index is 837. The molecule has 0 aromatic carbocycles. The molecule has 0 radical (unpaired) electrons. The minimum absolute atomic E-state index is 0.00929. The van der Waals surface area contributed by atoms with E-state index in [1.54, 1.807) is 29.0 Å². The fourth-order valence-corrected chi connectivity index (χ4v) is 4.48. The summed E-state index contributed by atoms with van der Waals surface area (Å²) in [5.74, 6) is 1.48. The molecule has 1 amide bonds. The highest BCUT2D eigenvalue weighted by molar-refractivity contribution is 7.91. The number of nitrogens with zero attached hydrogens (tertiary/aromatic N) is 3. The van der Waals surface area contributed by atoms with Gasteiger partial charge >= 0.3 is 0 Å². The Morgan fingerprint density at radius 3 is 2.83 bits per heavy atom. The predicted octanol–water partition coefficient (Wildman–Crippen LogP) is 1.25. The highest BCUT2D eigenvalue weighted by Crippen LogP contribution is 2.27. The van der Waals surface area contributed by atoms with E-state index in [0.29, 0.717) is 12.8 Å². The van der Waals surface area contributed by atoms with Gasteiger partial charge in [-0.15, -0.1) is 0 Å². The average Bonchev–Trinajstić information content (AvgIpc) is 3.12. The number of carbonyl (C=O) groups is 1. The van der Waals surface area contributed by atoms with Crippen LogP contribution in [-0.2, 0) is 28.1 Å². The zero-order chi connectivity index (χ0) is 17.3. The van der Waals surface area contributed by atoms with Crippen LogP contribution in [0.25, 0.3) is 0 Å². The van der Waals surface area contributed by atoms with Crippen LogP contribution in [0.3, 0.4) is 0 Å². The first-order chi connectivity index (χ1) is 11.3. The van der Waals surface area contributed by atoms with Crippen molar-refractivity contribution < 1.29 is 17.6 Å². The van der Waals surface area contributed by atoms with Crippen molar-refractivity contribution in [2.45, 2.75) is 25.8 Å². The van der Waals surface area contributed by atoms with E-state index < -0.39 is 15.9 Å². The lowest BCUT2D eigenvalue weighted by Crippen LogP contribution is -2.46. The van der Waals surface area contributed by atoms with Gasteiger partial charge in [0.1, 0.15) is 11.5 Å². The molecule has 1 aliphatic heterocycles. The highest BCUT2D eigenvalue weighted by Gasteiger charge is 2.35. The third kappa shape index (κ3) is 3.69. The molecule has 0 N–H and O–H groups in total. The number of hydrogen-bond donors (Lipinski definition) is 0. The van der Waals surface area contributed by atoms with E-state index in [1.165, 1.54) is 0 Å². The van der Waals surface area contributed by atoms with Crippen molar-refractivity contribution in [2.75, 3.05) is 18.1 Å². The van der Waals surface area contributed by atoms with Gasteiger partial charge in [-0.3, -0.25) is 9.48 Å². The molecule has 7 nitrogen and oxygen atoms in total. The number of furan rings is 1. The van der Waals surface area contributed by atoms with E-state index in [-0.39, 0.29) is 24.0 Å². The molecule has 0 aliphatic carbocycles. The van der Waals surface area contributed by atoms with Crippen molar-refractivity contribution in [2.24, 2.45) is 7.05 Å². The number of amides is 1. The lowest BCUT2D eigenvalue weighted by molar-refractivity contribution is -0.133. The predicted molar refractivity (Wildman–Crippen MR) is 88.1 cm³/mol. The van der Waals surface area contributed by atoms with Crippen molar-refractivity contribution in [3.8, 4) is 0 Å². The Kier molecular flexibility index (Phi) is 4.49. The summed E-state index contributed by atoms with van der Waals surface area (Å²) >= 11 is 0. The molecule has 8 heteroatoms. The van der Waals surface area contributed by atoms with Crippen molar-refractivity contribution in [1.29, 1.82) is 0 Å². The number of hydrogen-bond acceptors (Lipinski definition) is 5. The van der Waals surface area contributed by atoms with Gasteiger partial charge < -0.3 is 9.32 Å². The van der Waals surface area contributed by atoms with E-state index in [0.717, 1.165) is 17.1 Å². The fraction of sp³-hybridized carbons (Fsp3) is 0.500. The summed E-state index contributed by atoms with van der Waals surface area (Å²) in [7, 11) is -1.38. The van der Waals surface area contributed by atoms with E-state index >= 15 is 0 Å². The third-order valence-electron chi connectivity index (χ3n) is 4.24. The molecule has 1 fully saturated rings. The van der Waals surface area contributed by atoms with Crippen molar-refractivity contribution >= 4 is 15.7 Å². The van der Waals surface area contributed by atoms with Crippen LogP contribution in [0.5, 0.6) is 0 Å². The van der Waals surface area contributed by atoms with Crippen LogP contribution >= 0.6 is 0 Å². The first-order valence-corrected chi connectivity index (χ1v) is 9.70. The first kappa shape index (κ1) is 16.8. The van der Waals surface area contributed by atoms with E-state index in [4.69, 9.17) is 4.42 Å². The van der Waals surface area contributed by atoms with Crippen LogP contribution in [-0.4, -0.2) is 47.1 Å². The van der Waals surface area contributed by atoms with Gasteiger partial charge in [0.25, 0.3) is 0 Å². The molecule has 1 saturated heterocycles. The number of sulfone groups is 1. The van der Waals surface area contributed by atoms with Gasteiger partial charge in [0.2, 0.25) is 5.91 Å². The SMILES string of the molecule is Cc1ccc(CCC(=O)N2CCS(=O)(=O)C[C@H]2c2cnn(C)c2)o1. The molecule has 130 valence electrons. The highest BCUT2D eigenvalue weighted by atomic mass is 32.2. The average molecular weight is 351 g/mol. The minimum atomic E-state index is -3.15. The van der Waals surface area contributed by atoms with Gasteiger partial charge in [0.05, 0.1) is 23.7 Å². The Morgan fingerprint density at radius 1 is 1.42 bits per heavy atom. The smallest absolute Gasteiger partial charge is 0.223 e. The summed E-state index contributed by atoms with van der Waals surface area (Å²) in [6, 6.07) is 3.26. The van der Waals surface area contributed by atoms with E-state index in [2.05, 4.69) is 5.10 Å². The second-order valence-corrected chi connectivity index (χ2v) is 8.41. The summed E-state index contributed by atoms with van der Waals surface area (Å²) in [4.78, 5) is 14.3. The van der Waals surface area contributed by atoms with Crippen LogP contribution in [0, 0.1) is 6.92 Å². The monoisotopic (exact) mass is 351 g/mol. The molecule has 1 aliphatic rings. The van der Waals surface area contributed by atoms with Crippen LogP contribution in [0.15, 0.2) is 28.9 Å². The Hall–Kier alpha value is -2.09. The van der Waals surface area contributed by atoms with Gasteiger partial charge in [0.15, 0.2) is 9.84 Å². The first-order valence-electron chi connectivity index (χ1n) is 7.88. The minimum Gasteiger partial charge on any atom is -0.466 e. The Balaban J connectivity index is 1.74. The molecule has 1 atom stereocenters. The summed E-state index contributed by atoms with van der Waals surface area (Å²) < 4.78 is 31.1. The molecule has 24 heavy (non-hydrogen) atoms. The van der Waals surface area contributed by atoms with Gasteiger partial charge in [-0.2, -0.15) is 5.10 Å². The molecule has 0 saturated carbocycles. The summed E-state index contributed by atoms with van der Waals surface area (Å²) in [6.45, 7) is 2.08. The maximum atomic E-state index is 12.6. The molecule has 3 rings (SSSR count). The summed E-state index contributed by atoms with van der Waals surface area (Å²) in [5.41, 5.74) is 0.753. The van der Waals surface area contributed by atoms with Gasteiger partial charge in [-0.05, 0) is 19.1 Å². The number of carbonyl (C=O) groups excluding carboxylic acids is 1. The zero-order valence-electron chi connectivity index (χ0n) is 13.8.